The van der Waals surface area contributed by atoms with Crippen LogP contribution in [0.2, 0.25) is 0 Å². The SMILES string of the molecule is Cc1nn(CC(=O)c2ccc(NC(N)=O)cc2)c(C)c1[N+](=O)[O-]. The number of nitro groups is 1. The van der Waals surface area contributed by atoms with Crippen molar-refractivity contribution in [2.24, 2.45) is 5.73 Å². The van der Waals surface area contributed by atoms with Gasteiger partial charge in [-0.1, -0.05) is 0 Å². The van der Waals surface area contributed by atoms with Gasteiger partial charge in [-0.3, -0.25) is 19.6 Å². The number of Topliss-reactive ketones (excluding diaryl/α,β-unsaturated/α-hetero) is 1. The number of benzene rings is 1. The molecule has 0 saturated heterocycles. The van der Waals surface area contributed by atoms with Gasteiger partial charge in [-0.05, 0) is 38.1 Å². The number of nitrogens with one attached hydrogen (secondary N) is 1. The minimum Gasteiger partial charge on any atom is -0.351 e. The van der Waals surface area contributed by atoms with Crippen molar-refractivity contribution < 1.29 is 14.5 Å². The zero-order chi connectivity index (χ0) is 17.1. The molecule has 1 heterocycles. The van der Waals surface area contributed by atoms with E-state index in [2.05, 4.69) is 10.4 Å². The molecule has 120 valence electrons. The second-order valence-electron chi connectivity index (χ2n) is 4.92. The van der Waals surface area contributed by atoms with E-state index in [1.165, 1.54) is 23.7 Å². The van der Waals surface area contributed by atoms with Crippen LogP contribution in [-0.4, -0.2) is 26.5 Å². The summed E-state index contributed by atoms with van der Waals surface area (Å²) in [4.78, 5) is 33.4. The molecule has 2 rings (SSSR count). The third-order valence-electron chi connectivity index (χ3n) is 3.29. The van der Waals surface area contributed by atoms with Crippen molar-refractivity contribution in [2.75, 3.05) is 5.32 Å². The molecule has 0 unspecified atom stereocenters. The summed E-state index contributed by atoms with van der Waals surface area (Å²) >= 11 is 0. The summed E-state index contributed by atoms with van der Waals surface area (Å²) in [5.41, 5.74) is 6.37. The van der Waals surface area contributed by atoms with E-state index < -0.39 is 11.0 Å². The molecule has 0 aliphatic heterocycles. The number of rotatable bonds is 5. The highest BCUT2D eigenvalue weighted by atomic mass is 16.6. The Morgan fingerprint density at radius 1 is 1.30 bits per heavy atom. The molecule has 2 aromatic rings. The van der Waals surface area contributed by atoms with Crippen molar-refractivity contribution in [3.05, 3.63) is 51.3 Å². The van der Waals surface area contributed by atoms with Gasteiger partial charge < -0.3 is 11.1 Å². The van der Waals surface area contributed by atoms with E-state index in [0.29, 0.717) is 16.9 Å². The molecule has 1 aromatic heterocycles. The van der Waals surface area contributed by atoms with Crippen LogP contribution in [0, 0.1) is 24.0 Å². The fourth-order valence-electron chi connectivity index (χ4n) is 2.21. The summed E-state index contributed by atoms with van der Waals surface area (Å²) in [6, 6.07) is 5.46. The number of hydrogen-bond donors (Lipinski definition) is 2. The standard InChI is InChI=1S/C14H15N5O4/c1-8-13(19(22)23)9(2)18(17-8)7-12(20)10-3-5-11(6-4-10)16-14(15)21/h3-6H,7H2,1-2H3,(H3,15,16,21). The van der Waals surface area contributed by atoms with Crippen LogP contribution in [0.3, 0.4) is 0 Å². The molecule has 9 heteroatoms. The van der Waals surface area contributed by atoms with Crippen LogP contribution in [0.15, 0.2) is 24.3 Å². The van der Waals surface area contributed by atoms with Crippen molar-refractivity contribution in [2.45, 2.75) is 20.4 Å². The molecule has 0 fully saturated rings. The van der Waals surface area contributed by atoms with E-state index in [1.54, 1.807) is 19.1 Å². The van der Waals surface area contributed by atoms with E-state index in [4.69, 9.17) is 5.73 Å². The predicted octanol–water partition coefficient (Wildman–Crippen LogP) is 1.78. The van der Waals surface area contributed by atoms with E-state index in [0.717, 1.165) is 0 Å². The predicted molar refractivity (Wildman–Crippen MR) is 82.3 cm³/mol. The Balaban J connectivity index is 2.18. The minimum atomic E-state index is -0.695. The van der Waals surface area contributed by atoms with Gasteiger partial charge in [0, 0.05) is 11.3 Å². The summed E-state index contributed by atoms with van der Waals surface area (Å²) in [6.07, 6.45) is 0. The second-order valence-corrected chi connectivity index (χ2v) is 4.92. The molecular weight excluding hydrogens is 302 g/mol. The van der Waals surface area contributed by atoms with E-state index in [1.807, 2.05) is 0 Å². The van der Waals surface area contributed by atoms with Crippen LogP contribution in [0.1, 0.15) is 21.7 Å². The second kappa shape index (κ2) is 6.26. The summed E-state index contributed by atoms with van der Waals surface area (Å²) in [5.74, 6) is -0.254. The number of hydrogen-bond acceptors (Lipinski definition) is 5. The Hall–Kier alpha value is -3.23. The highest BCUT2D eigenvalue weighted by Gasteiger charge is 2.22. The number of carbonyl (C=O) groups is 2. The van der Waals surface area contributed by atoms with E-state index >= 15 is 0 Å². The van der Waals surface area contributed by atoms with E-state index in [9.17, 15) is 19.7 Å². The normalized spacial score (nSPS) is 10.3. The van der Waals surface area contributed by atoms with Gasteiger partial charge >= 0.3 is 11.7 Å². The maximum Gasteiger partial charge on any atom is 0.316 e. The van der Waals surface area contributed by atoms with Gasteiger partial charge in [0.05, 0.1) is 4.92 Å². The molecule has 0 aliphatic rings. The van der Waals surface area contributed by atoms with Gasteiger partial charge in [0.15, 0.2) is 5.78 Å². The third kappa shape index (κ3) is 3.51. The van der Waals surface area contributed by atoms with Crippen LogP contribution in [0.4, 0.5) is 16.2 Å². The first-order valence-electron chi connectivity index (χ1n) is 6.67. The molecule has 0 saturated carbocycles. The average Bonchev–Trinajstić information content (AvgIpc) is 2.73. The fraction of sp³-hybridized carbons (Fsp3) is 0.214. The number of amides is 2. The van der Waals surface area contributed by atoms with Crippen LogP contribution >= 0.6 is 0 Å². The van der Waals surface area contributed by atoms with Gasteiger partial charge in [0.1, 0.15) is 17.9 Å². The number of anilines is 1. The maximum atomic E-state index is 12.2. The third-order valence-corrected chi connectivity index (χ3v) is 3.29. The zero-order valence-electron chi connectivity index (χ0n) is 12.6. The lowest BCUT2D eigenvalue weighted by atomic mass is 10.1. The lowest BCUT2D eigenvalue weighted by molar-refractivity contribution is -0.386. The van der Waals surface area contributed by atoms with Crippen molar-refractivity contribution >= 4 is 23.2 Å². The van der Waals surface area contributed by atoms with Gasteiger partial charge in [-0.25, -0.2) is 4.79 Å². The monoisotopic (exact) mass is 317 g/mol. The highest BCUT2D eigenvalue weighted by molar-refractivity contribution is 5.96. The van der Waals surface area contributed by atoms with Gasteiger partial charge in [0.2, 0.25) is 0 Å². The summed E-state index contributed by atoms with van der Waals surface area (Å²) < 4.78 is 1.31. The Bertz CT molecular complexity index is 779. The van der Waals surface area contributed by atoms with Crippen molar-refractivity contribution in [1.82, 2.24) is 9.78 Å². The maximum absolute atomic E-state index is 12.2. The molecule has 0 atom stereocenters. The summed E-state index contributed by atoms with van der Waals surface area (Å²) in [7, 11) is 0. The van der Waals surface area contributed by atoms with Crippen molar-refractivity contribution in [3.63, 3.8) is 0 Å². The van der Waals surface area contributed by atoms with Gasteiger partial charge in [0.25, 0.3) is 0 Å². The molecule has 9 nitrogen and oxygen atoms in total. The molecule has 23 heavy (non-hydrogen) atoms. The van der Waals surface area contributed by atoms with Crippen LogP contribution in [0.25, 0.3) is 0 Å². The number of aryl methyl sites for hydroxylation is 1. The van der Waals surface area contributed by atoms with Crippen molar-refractivity contribution in [1.29, 1.82) is 0 Å². The average molecular weight is 317 g/mol. The first-order chi connectivity index (χ1) is 10.8. The molecular formula is C14H15N5O4. The molecule has 1 aromatic carbocycles. The molecule has 0 radical (unpaired) electrons. The molecule has 0 spiro atoms. The van der Waals surface area contributed by atoms with Crippen LogP contribution in [-0.2, 0) is 6.54 Å². The lowest BCUT2D eigenvalue weighted by Gasteiger charge is -2.05. The molecule has 0 bridgehead atoms. The number of nitrogens with zero attached hydrogens (tertiary/aromatic N) is 3. The highest BCUT2D eigenvalue weighted by Crippen LogP contribution is 2.22. The van der Waals surface area contributed by atoms with E-state index in [-0.39, 0.29) is 23.7 Å². The Morgan fingerprint density at radius 2 is 1.91 bits per heavy atom. The number of primary amides is 1. The largest absolute Gasteiger partial charge is 0.351 e. The number of ketones is 1. The molecule has 3 N–H and O–H groups in total. The van der Waals surface area contributed by atoms with Crippen LogP contribution in [0.5, 0.6) is 0 Å². The Kier molecular flexibility index (Phi) is 4.39. The minimum absolute atomic E-state index is 0.0844. The first kappa shape index (κ1) is 16.1. The number of aromatic nitrogens is 2. The smallest absolute Gasteiger partial charge is 0.316 e. The van der Waals surface area contributed by atoms with Gasteiger partial charge in [-0.2, -0.15) is 5.10 Å². The number of carbonyl (C=O) groups excluding carboxylic acids is 2. The summed E-state index contributed by atoms with van der Waals surface area (Å²) in [6.45, 7) is 2.96. The van der Waals surface area contributed by atoms with Crippen LogP contribution < -0.4 is 11.1 Å². The first-order valence-corrected chi connectivity index (χ1v) is 6.67. The topological polar surface area (TPSA) is 133 Å². The quantitative estimate of drug-likeness (QED) is 0.492. The lowest BCUT2D eigenvalue weighted by Crippen LogP contribution is -2.19. The number of urea groups is 1. The zero-order valence-corrected chi connectivity index (χ0v) is 12.6. The number of nitrogens with two attached hydrogens (primary N) is 1. The Labute approximate surface area is 131 Å². The molecule has 0 aliphatic carbocycles. The Morgan fingerprint density at radius 3 is 2.39 bits per heavy atom. The van der Waals surface area contributed by atoms with Crippen molar-refractivity contribution in [3.8, 4) is 0 Å². The molecule has 2 amide bonds. The summed E-state index contributed by atoms with van der Waals surface area (Å²) in [5, 5.41) is 17.4. The fourth-order valence-corrected chi connectivity index (χ4v) is 2.21. The van der Waals surface area contributed by atoms with Gasteiger partial charge in [-0.15, -0.1) is 0 Å².